The molecular weight excluding hydrogens is 224 g/mol. The third kappa shape index (κ3) is 1.23. The number of nitrogens with two attached hydrogens (primary N) is 1. The molecule has 0 radical (unpaired) electrons. The highest BCUT2D eigenvalue weighted by molar-refractivity contribution is 5.75. The largest absolute Gasteiger partial charge is 0.448 e. The maximum absolute atomic E-state index is 11.6. The number of rotatable bonds is 1. The molecule has 7 heteroatoms. The Labute approximate surface area is 97.7 Å². The lowest BCUT2D eigenvalue weighted by molar-refractivity contribution is -0.138. The summed E-state index contributed by atoms with van der Waals surface area (Å²) in [6.45, 7) is 2.32. The molecule has 0 atom stereocenters. The number of nitrogen functional groups attached to an aromatic ring is 1. The van der Waals surface area contributed by atoms with Crippen LogP contribution in [0.5, 0.6) is 0 Å². The van der Waals surface area contributed by atoms with Crippen molar-refractivity contribution in [2.45, 2.75) is 31.8 Å². The summed E-state index contributed by atoms with van der Waals surface area (Å²) in [5.41, 5.74) is 6.91. The second-order valence-corrected chi connectivity index (χ2v) is 4.41. The molecule has 17 heavy (non-hydrogen) atoms. The third-order valence-corrected chi connectivity index (χ3v) is 3.43. The molecule has 1 saturated carbocycles. The van der Waals surface area contributed by atoms with Gasteiger partial charge in [0, 0.05) is 5.56 Å². The van der Waals surface area contributed by atoms with Crippen LogP contribution in [0.4, 0.5) is 10.6 Å². The quantitative estimate of drug-likeness (QED) is 0.746. The first-order chi connectivity index (χ1) is 8.10. The van der Waals surface area contributed by atoms with Gasteiger partial charge >= 0.3 is 6.09 Å². The Bertz CT molecular complexity index is 492. The lowest BCUT2D eigenvalue weighted by Crippen LogP contribution is -2.27. The molecule has 0 bridgehead atoms. The van der Waals surface area contributed by atoms with Gasteiger partial charge in [0.1, 0.15) is 5.82 Å². The molecular formula is C10H14N4O3. The number of hydrogen-bond acceptors (Lipinski definition) is 6. The zero-order chi connectivity index (χ0) is 12.2. The van der Waals surface area contributed by atoms with Gasteiger partial charge in [0.2, 0.25) is 0 Å². The maximum atomic E-state index is 11.6. The van der Waals surface area contributed by atoms with Crippen molar-refractivity contribution in [3.8, 4) is 0 Å². The Balaban J connectivity index is 2.02. The molecule has 1 spiro atoms. The molecule has 0 unspecified atom stereocenters. The topological polar surface area (TPSA) is 93.6 Å². The molecule has 1 fully saturated rings. The number of fused-ring (bicyclic) bond motifs is 2. The van der Waals surface area contributed by atoms with Gasteiger partial charge in [0.25, 0.3) is 0 Å². The van der Waals surface area contributed by atoms with Crippen LogP contribution >= 0.6 is 0 Å². The zero-order valence-electron chi connectivity index (χ0n) is 9.51. The molecule has 1 aromatic rings. The van der Waals surface area contributed by atoms with E-state index in [1.807, 2.05) is 0 Å². The van der Waals surface area contributed by atoms with Crippen LogP contribution < -0.4 is 5.73 Å². The van der Waals surface area contributed by atoms with Crippen molar-refractivity contribution in [1.82, 2.24) is 14.8 Å². The first-order valence-electron chi connectivity index (χ1n) is 5.61. The van der Waals surface area contributed by atoms with Crippen LogP contribution in [0.3, 0.4) is 0 Å². The van der Waals surface area contributed by atoms with Crippen molar-refractivity contribution in [1.29, 1.82) is 0 Å². The van der Waals surface area contributed by atoms with Crippen LogP contribution in [-0.2, 0) is 16.8 Å². The van der Waals surface area contributed by atoms with E-state index < -0.39 is 11.6 Å². The standard InChI is InChI=1S/C10H14N4O3/c1-2-17-9(15)14-8(11)6-5-13(16)10(3-4-10)7(6)12-14/h16H,2-5,11H2,1H3. The van der Waals surface area contributed by atoms with Gasteiger partial charge in [-0.3, -0.25) is 0 Å². The van der Waals surface area contributed by atoms with Crippen molar-refractivity contribution in [2.75, 3.05) is 12.3 Å². The highest BCUT2D eigenvalue weighted by Crippen LogP contribution is 2.56. The van der Waals surface area contributed by atoms with Crippen LogP contribution in [0.25, 0.3) is 0 Å². The van der Waals surface area contributed by atoms with Crippen LogP contribution in [0, 0.1) is 0 Å². The molecule has 0 aromatic carbocycles. The van der Waals surface area contributed by atoms with Crippen molar-refractivity contribution in [3.05, 3.63) is 11.3 Å². The fraction of sp³-hybridized carbons (Fsp3) is 0.600. The molecule has 3 N–H and O–H groups in total. The van der Waals surface area contributed by atoms with E-state index in [-0.39, 0.29) is 12.4 Å². The number of anilines is 1. The Morgan fingerprint density at radius 1 is 1.65 bits per heavy atom. The van der Waals surface area contributed by atoms with Crippen LogP contribution in [0.1, 0.15) is 31.0 Å². The Kier molecular flexibility index (Phi) is 1.99. The Morgan fingerprint density at radius 2 is 2.35 bits per heavy atom. The molecule has 1 aliphatic heterocycles. The summed E-state index contributed by atoms with van der Waals surface area (Å²) in [5.74, 6) is 0.265. The van der Waals surface area contributed by atoms with Gasteiger partial charge in [-0.05, 0) is 19.8 Å². The van der Waals surface area contributed by atoms with Gasteiger partial charge in [0.15, 0.2) is 0 Å². The maximum Gasteiger partial charge on any atom is 0.436 e. The van der Waals surface area contributed by atoms with Gasteiger partial charge in [-0.1, -0.05) is 0 Å². The van der Waals surface area contributed by atoms with E-state index in [1.54, 1.807) is 6.92 Å². The van der Waals surface area contributed by atoms with E-state index in [1.165, 1.54) is 5.06 Å². The number of hydroxylamine groups is 2. The normalized spacial score (nSPS) is 20.6. The molecule has 7 nitrogen and oxygen atoms in total. The van der Waals surface area contributed by atoms with Gasteiger partial charge in [0.05, 0.1) is 24.4 Å². The Hall–Kier alpha value is -1.60. The molecule has 0 amide bonds. The van der Waals surface area contributed by atoms with E-state index in [9.17, 15) is 10.0 Å². The summed E-state index contributed by atoms with van der Waals surface area (Å²) in [7, 11) is 0. The molecule has 1 aliphatic carbocycles. The highest BCUT2D eigenvalue weighted by atomic mass is 16.6. The van der Waals surface area contributed by atoms with E-state index >= 15 is 0 Å². The number of hydrogen-bond donors (Lipinski definition) is 2. The van der Waals surface area contributed by atoms with Gasteiger partial charge < -0.3 is 15.7 Å². The van der Waals surface area contributed by atoms with Gasteiger partial charge in [-0.25, -0.2) is 4.79 Å². The zero-order valence-corrected chi connectivity index (χ0v) is 9.51. The number of nitrogens with zero attached hydrogens (tertiary/aromatic N) is 3. The molecule has 3 rings (SSSR count). The van der Waals surface area contributed by atoms with Crippen LogP contribution in [0.15, 0.2) is 0 Å². The smallest absolute Gasteiger partial charge is 0.436 e. The fourth-order valence-corrected chi connectivity index (χ4v) is 2.35. The summed E-state index contributed by atoms with van der Waals surface area (Å²) in [4.78, 5) is 11.6. The van der Waals surface area contributed by atoms with E-state index in [0.717, 1.165) is 23.1 Å². The average molecular weight is 238 g/mol. The molecule has 1 aromatic heterocycles. The van der Waals surface area contributed by atoms with E-state index in [2.05, 4.69) is 5.10 Å². The second-order valence-electron chi connectivity index (χ2n) is 4.41. The van der Waals surface area contributed by atoms with Crippen molar-refractivity contribution in [3.63, 3.8) is 0 Å². The minimum atomic E-state index is -0.570. The monoisotopic (exact) mass is 238 g/mol. The summed E-state index contributed by atoms with van der Waals surface area (Å²) >= 11 is 0. The fourth-order valence-electron chi connectivity index (χ4n) is 2.35. The number of aromatic nitrogens is 2. The van der Waals surface area contributed by atoms with Crippen LogP contribution in [-0.4, -0.2) is 32.8 Å². The molecule has 2 heterocycles. The van der Waals surface area contributed by atoms with Crippen molar-refractivity contribution < 1.29 is 14.7 Å². The van der Waals surface area contributed by atoms with Crippen LogP contribution in [0.2, 0.25) is 0 Å². The van der Waals surface area contributed by atoms with Crippen molar-refractivity contribution in [2.24, 2.45) is 0 Å². The van der Waals surface area contributed by atoms with E-state index in [0.29, 0.717) is 12.2 Å². The van der Waals surface area contributed by atoms with Gasteiger partial charge in [-0.15, -0.1) is 4.68 Å². The number of ether oxygens (including phenoxy) is 1. The number of carbonyl (C=O) groups is 1. The molecule has 0 saturated heterocycles. The first kappa shape index (κ1) is 10.5. The average Bonchev–Trinajstić information content (AvgIpc) is 2.96. The second kappa shape index (κ2) is 3.21. The third-order valence-electron chi connectivity index (χ3n) is 3.43. The van der Waals surface area contributed by atoms with Crippen molar-refractivity contribution >= 4 is 11.9 Å². The highest BCUT2D eigenvalue weighted by Gasteiger charge is 2.58. The number of carbonyl (C=O) groups excluding carboxylic acids is 1. The van der Waals surface area contributed by atoms with E-state index in [4.69, 9.17) is 10.5 Å². The summed E-state index contributed by atoms with van der Waals surface area (Å²) in [5, 5.41) is 15.2. The predicted octanol–water partition coefficient (Wildman–Crippen LogP) is 0.664. The summed E-state index contributed by atoms with van der Waals surface area (Å²) in [6.07, 6.45) is 1.12. The minimum absolute atomic E-state index is 0.265. The first-order valence-corrected chi connectivity index (χ1v) is 5.61. The summed E-state index contributed by atoms with van der Waals surface area (Å²) < 4.78 is 5.95. The lowest BCUT2D eigenvalue weighted by atomic mass is 10.2. The predicted molar refractivity (Wildman–Crippen MR) is 57.3 cm³/mol. The molecule has 2 aliphatic rings. The van der Waals surface area contributed by atoms with Gasteiger partial charge in [-0.2, -0.15) is 10.2 Å². The minimum Gasteiger partial charge on any atom is -0.448 e. The SMILES string of the molecule is CCOC(=O)n1nc2c(c1N)CN(O)C21CC1. The molecule has 92 valence electrons. The Morgan fingerprint density at radius 3 is 2.94 bits per heavy atom. The summed E-state index contributed by atoms with van der Waals surface area (Å²) in [6, 6.07) is 0. The lowest BCUT2D eigenvalue weighted by Gasteiger charge is -2.16.